The van der Waals surface area contributed by atoms with Crippen LogP contribution in [0.2, 0.25) is 0 Å². The third-order valence-corrected chi connectivity index (χ3v) is 3.20. The molecule has 20 heavy (non-hydrogen) atoms. The first-order valence-corrected chi connectivity index (χ1v) is 5.99. The summed E-state index contributed by atoms with van der Waals surface area (Å²) in [6.07, 6.45) is 0.211. The third kappa shape index (κ3) is 4.57. The fourth-order valence-electron chi connectivity index (χ4n) is 2.29. The predicted octanol–water partition coefficient (Wildman–Crippen LogP) is 2.67. The first kappa shape index (κ1) is 19.1. The lowest BCUT2D eigenvalue weighted by molar-refractivity contribution is 0.172. The topological polar surface area (TPSA) is 39.1 Å². The SMILES string of the molecule is Cl.Cl.N#CC[C@H](c1ccc(F)cc1F)N1CCNCC1. The van der Waals surface area contributed by atoms with Crippen LogP contribution in [-0.4, -0.2) is 31.1 Å². The van der Waals surface area contributed by atoms with Crippen molar-refractivity contribution in [2.75, 3.05) is 26.2 Å². The number of nitrogens with one attached hydrogen (secondary N) is 1. The molecule has 0 unspecified atom stereocenters. The molecule has 1 aromatic carbocycles. The zero-order valence-electron chi connectivity index (χ0n) is 10.8. The highest BCUT2D eigenvalue weighted by atomic mass is 35.5. The molecular weight excluding hydrogens is 307 g/mol. The Balaban J connectivity index is 0.00000180. The summed E-state index contributed by atoms with van der Waals surface area (Å²) in [6, 6.07) is 5.35. The van der Waals surface area contributed by atoms with E-state index in [1.807, 2.05) is 0 Å². The van der Waals surface area contributed by atoms with Gasteiger partial charge in [0.2, 0.25) is 0 Å². The van der Waals surface area contributed by atoms with Gasteiger partial charge in [0.15, 0.2) is 0 Å². The van der Waals surface area contributed by atoms with E-state index in [4.69, 9.17) is 5.26 Å². The number of nitrogens with zero attached hydrogens (tertiary/aromatic N) is 2. The van der Waals surface area contributed by atoms with Gasteiger partial charge in [0.05, 0.1) is 18.5 Å². The molecule has 0 saturated carbocycles. The minimum atomic E-state index is -0.590. The lowest BCUT2D eigenvalue weighted by atomic mass is 10.0. The van der Waals surface area contributed by atoms with Crippen molar-refractivity contribution in [2.24, 2.45) is 0 Å². The van der Waals surface area contributed by atoms with Crippen molar-refractivity contribution in [1.29, 1.82) is 5.26 Å². The molecule has 0 bridgehead atoms. The molecule has 1 aliphatic rings. The molecule has 0 radical (unpaired) electrons. The van der Waals surface area contributed by atoms with Crippen molar-refractivity contribution in [3.63, 3.8) is 0 Å². The Morgan fingerprint density at radius 3 is 2.45 bits per heavy atom. The van der Waals surface area contributed by atoms with Crippen LogP contribution in [0.15, 0.2) is 18.2 Å². The summed E-state index contributed by atoms with van der Waals surface area (Å²) >= 11 is 0. The molecule has 1 aliphatic heterocycles. The predicted molar refractivity (Wildman–Crippen MR) is 78.3 cm³/mol. The Bertz CT molecular complexity index is 459. The molecule has 1 saturated heterocycles. The van der Waals surface area contributed by atoms with E-state index in [2.05, 4.69) is 16.3 Å². The molecule has 112 valence electrons. The molecule has 0 amide bonds. The normalized spacial score (nSPS) is 16.4. The third-order valence-electron chi connectivity index (χ3n) is 3.20. The van der Waals surface area contributed by atoms with Gasteiger partial charge in [-0.2, -0.15) is 5.26 Å². The van der Waals surface area contributed by atoms with Gasteiger partial charge in [-0.25, -0.2) is 8.78 Å². The fourth-order valence-corrected chi connectivity index (χ4v) is 2.29. The fraction of sp³-hybridized carbons (Fsp3) is 0.462. The zero-order valence-corrected chi connectivity index (χ0v) is 12.4. The Morgan fingerprint density at radius 2 is 1.90 bits per heavy atom. The van der Waals surface area contributed by atoms with Gasteiger partial charge in [0.25, 0.3) is 0 Å². The highest BCUT2D eigenvalue weighted by molar-refractivity contribution is 5.85. The van der Waals surface area contributed by atoms with Gasteiger partial charge in [-0.15, -0.1) is 24.8 Å². The van der Waals surface area contributed by atoms with Gasteiger partial charge in [0, 0.05) is 37.8 Å². The summed E-state index contributed by atoms with van der Waals surface area (Å²) in [5.74, 6) is -1.17. The molecule has 0 spiro atoms. The standard InChI is InChI=1S/C13H15F2N3.2ClH/c14-10-1-2-11(12(15)9-10)13(3-4-16)18-7-5-17-6-8-18;;/h1-2,9,13,17H,3,5-8H2;2*1H/t13-;;/m1../s1. The van der Waals surface area contributed by atoms with Crippen molar-refractivity contribution in [2.45, 2.75) is 12.5 Å². The minimum Gasteiger partial charge on any atom is -0.314 e. The Kier molecular flexibility index (Phi) is 8.67. The van der Waals surface area contributed by atoms with E-state index in [-0.39, 0.29) is 37.3 Å². The highest BCUT2D eigenvalue weighted by Crippen LogP contribution is 2.27. The molecule has 1 heterocycles. The molecule has 0 aromatic heterocycles. The Hall–Kier alpha value is -0.930. The molecule has 1 fully saturated rings. The van der Waals surface area contributed by atoms with Crippen LogP contribution in [0.1, 0.15) is 18.0 Å². The van der Waals surface area contributed by atoms with Crippen LogP contribution in [0.25, 0.3) is 0 Å². The molecule has 3 nitrogen and oxygen atoms in total. The smallest absolute Gasteiger partial charge is 0.130 e. The van der Waals surface area contributed by atoms with Gasteiger partial charge in [-0.1, -0.05) is 6.07 Å². The number of hydrogen-bond acceptors (Lipinski definition) is 3. The maximum absolute atomic E-state index is 13.8. The highest BCUT2D eigenvalue weighted by Gasteiger charge is 2.24. The van der Waals surface area contributed by atoms with E-state index in [9.17, 15) is 8.78 Å². The molecule has 1 atom stereocenters. The quantitative estimate of drug-likeness (QED) is 0.929. The van der Waals surface area contributed by atoms with E-state index in [0.717, 1.165) is 32.2 Å². The maximum Gasteiger partial charge on any atom is 0.130 e. The first-order valence-electron chi connectivity index (χ1n) is 5.99. The van der Waals surface area contributed by atoms with Crippen LogP contribution in [0.4, 0.5) is 8.78 Å². The summed E-state index contributed by atoms with van der Waals surface area (Å²) in [6.45, 7) is 3.18. The van der Waals surface area contributed by atoms with Crippen molar-refractivity contribution in [3.8, 4) is 6.07 Å². The van der Waals surface area contributed by atoms with E-state index < -0.39 is 11.6 Å². The number of piperazine rings is 1. The van der Waals surface area contributed by atoms with Crippen LogP contribution < -0.4 is 5.32 Å². The second kappa shape index (κ2) is 9.09. The average Bonchev–Trinajstić information content (AvgIpc) is 2.38. The number of hydrogen-bond donors (Lipinski definition) is 1. The molecule has 7 heteroatoms. The number of nitriles is 1. The van der Waals surface area contributed by atoms with E-state index in [1.165, 1.54) is 12.1 Å². The molecular formula is C13H17Cl2F2N3. The second-order valence-electron chi connectivity index (χ2n) is 4.33. The first-order chi connectivity index (χ1) is 8.72. The molecule has 0 aliphatic carbocycles. The van der Waals surface area contributed by atoms with E-state index >= 15 is 0 Å². The Labute approximate surface area is 129 Å². The summed E-state index contributed by atoms with van der Waals surface area (Å²) < 4.78 is 26.7. The minimum absolute atomic E-state index is 0. The second-order valence-corrected chi connectivity index (χ2v) is 4.33. The van der Waals surface area contributed by atoms with Gasteiger partial charge >= 0.3 is 0 Å². The van der Waals surface area contributed by atoms with Crippen molar-refractivity contribution < 1.29 is 8.78 Å². The summed E-state index contributed by atoms with van der Waals surface area (Å²) in [7, 11) is 0. The van der Waals surface area contributed by atoms with E-state index in [1.54, 1.807) is 0 Å². The summed E-state index contributed by atoms with van der Waals surface area (Å²) in [4.78, 5) is 2.07. The maximum atomic E-state index is 13.8. The lowest BCUT2D eigenvalue weighted by Gasteiger charge is -2.34. The van der Waals surface area contributed by atoms with Crippen LogP contribution in [0, 0.1) is 23.0 Å². The lowest BCUT2D eigenvalue weighted by Crippen LogP contribution is -2.45. The van der Waals surface area contributed by atoms with Crippen LogP contribution in [-0.2, 0) is 0 Å². The zero-order chi connectivity index (χ0) is 13.0. The van der Waals surface area contributed by atoms with Gasteiger partial charge < -0.3 is 5.32 Å². The number of halogens is 4. The van der Waals surface area contributed by atoms with Gasteiger partial charge in [0.1, 0.15) is 11.6 Å². The summed E-state index contributed by atoms with van der Waals surface area (Å²) in [5, 5.41) is 12.1. The van der Waals surface area contributed by atoms with Gasteiger partial charge in [-0.3, -0.25) is 4.90 Å². The van der Waals surface area contributed by atoms with Crippen molar-refractivity contribution in [1.82, 2.24) is 10.2 Å². The van der Waals surface area contributed by atoms with E-state index in [0.29, 0.717) is 5.56 Å². The Morgan fingerprint density at radius 1 is 1.25 bits per heavy atom. The van der Waals surface area contributed by atoms with Crippen molar-refractivity contribution in [3.05, 3.63) is 35.4 Å². The number of rotatable bonds is 3. The molecule has 2 rings (SSSR count). The largest absolute Gasteiger partial charge is 0.314 e. The van der Waals surface area contributed by atoms with Crippen LogP contribution in [0.3, 0.4) is 0 Å². The number of benzene rings is 1. The van der Waals surface area contributed by atoms with Crippen LogP contribution in [0.5, 0.6) is 0 Å². The van der Waals surface area contributed by atoms with Gasteiger partial charge in [-0.05, 0) is 6.07 Å². The molecule has 1 aromatic rings. The molecule has 1 N–H and O–H groups in total. The average molecular weight is 324 g/mol. The van der Waals surface area contributed by atoms with Crippen LogP contribution >= 0.6 is 24.8 Å². The summed E-state index contributed by atoms with van der Waals surface area (Å²) in [5.41, 5.74) is 0.403. The monoisotopic (exact) mass is 323 g/mol. The van der Waals surface area contributed by atoms with Crippen molar-refractivity contribution >= 4 is 24.8 Å².